The molecular weight excluding hydrogens is 352 g/mol. The third-order valence-electron chi connectivity index (χ3n) is 4.27. The van der Waals surface area contributed by atoms with Gasteiger partial charge in [-0.15, -0.1) is 0 Å². The number of hydrogen-bond acceptors (Lipinski definition) is 5. The van der Waals surface area contributed by atoms with Crippen LogP contribution in [0.1, 0.15) is 11.1 Å². The van der Waals surface area contributed by atoms with E-state index in [0.717, 1.165) is 34.1 Å². The molecule has 3 N–H and O–H groups in total. The van der Waals surface area contributed by atoms with E-state index >= 15 is 0 Å². The Balaban J connectivity index is 1.64. The van der Waals surface area contributed by atoms with Gasteiger partial charge in [0.25, 0.3) is 0 Å². The fourth-order valence-corrected chi connectivity index (χ4v) is 3.83. The normalized spacial score (nSPS) is 10.7. The van der Waals surface area contributed by atoms with E-state index in [9.17, 15) is 0 Å². The predicted octanol–water partition coefficient (Wildman–Crippen LogP) is 5.37. The van der Waals surface area contributed by atoms with Crippen molar-refractivity contribution in [2.75, 3.05) is 11.1 Å². The molecule has 0 amide bonds. The molecule has 27 heavy (non-hydrogen) atoms. The molecule has 4 aromatic rings. The molecule has 2 aromatic heterocycles. The fourth-order valence-electron chi connectivity index (χ4n) is 2.98. The number of thiazole rings is 1. The van der Waals surface area contributed by atoms with Crippen molar-refractivity contribution in [3.8, 4) is 21.7 Å². The van der Waals surface area contributed by atoms with Gasteiger partial charge in [-0.3, -0.25) is 0 Å². The molecule has 0 atom stereocenters. The van der Waals surface area contributed by atoms with Gasteiger partial charge in [-0.25, -0.2) is 9.97 Å². The number of benzene rings is 2. The molecule has 0 radical (unpaired) electrons. The number of aryl methyl sites for hydroxylation is 1. The molecule has 0 saturated heterocycles. The van der Waals surface area contributed by atoms with Crippen LogP contribution in [0.5, 0.6) is 0 Å². The topological polar surface area (TPSA) is 63.8 Å². The van der Waals surface area contributed by atoms with Gasteiger partial charge in [0, 0.05) is 18.3 Å². The number of aromatic nitrogens is 2. The smallest absolute Gasteiger partial charge is 0.181 e. The van der Waals surface area contributed by atoms with E-state index in [-0.39, 0.29) is 0 Å². The first kappa shape index (κ1) is 17.2. The lowest BCUT2D eigenvalue weighted by Crippen LogP contribution is -2.01. The lowest BCUT2D eigenvalue weighted by atomic mass is 10.1. The summed E-state index contributed by atoms with van der Waals surface area (Å²) in [4.78, 5) is 10.1. The van der Waals surface area contributed by atoms with Gasteiger partial charge in [-0.05, 0) is 36.2 Å². The summed E-state index contributed by atoms with van der Waals surface area (Å²) in [7, 11) is 0. The van der Waals surface area contributed by atoms with Crippen LogP contribution < -0.4 is 11.1 Å². The highest BCUT2D eigenvalue weighted by Crippen LogP contribution is 2.38. The number of nitrogen functional groups attached to an aromatic ring is 1. The van der Waals surface area contributed by atoms with Crippen molar-refractivity contribution in [1.29, 1.82) is 0 Å². The molecule has 4 nitrogen and oxygen atoms in total. The number of pyridine rings is 1. The number of nitrogens with zero attached hydrogens (tertiary/aromatic N) is 2. The number of anilines is 2. The average molecular weight is 372 g/mol. The van der Waals surface area contributed by atoms with Gasteiger partial charge in [0.2, 0.25) is 0 Å². The molecule has 5 heteroatoms. The molecule has 0 fully saturated rings. The summed E-state index contributed by atoms with van der Waals surface area (Å²) in [5.41, 5.74) is 11.5. The van der Waals surface area contributed by atoms with E-state index in [1.807, 2.05) is 36.5 Å². The minimum Gasteiger partial charge on any atom is -0.375 e. The first-order valence-electron chi connectivity index (χ1n) is 8.76. The summed E-state index contributed by atoms with van der Waals surface area (Å²) in [6.07, 6.45) is 1.82. The Labute approximate surface area is 162 Å². The fraction of sp³-hybridized carbons (Fsp3) is 0.0909. The first-order chi connectivity index (χ1) is 13.2. The lowest BCUT2D eigenvalue weighted by molar-refractivity contribution is 1.11. The third-order valence-corrected chi connectivity index (χ3v) is 5.21. The van der Waals surface area contributed by atoms with Gasteiger partial charge in [-0.1, -0.05) is 65.4 Å². The molecule has 0 aliphatic rings. The van der Waals surface area contributed by atoms with Gasteiger partial charge in [0.1, 0.15) is 5.82 Å². The average Bonchev–Trinajstić information content (AvgIpc) is 3.09. The molecule has 134 valence electrons. The summed E-state index contributed by atoms with van der Waals surface area (Å²) in [5.74, 6) is 0.832. The van der Waals surface area contributed by atoms with Crippen molar-refractivity contribution in [2.45, 2.75) is 13.5 Å². The van der Waals surface area contributed by atoms with Crippen molar-refractivity contribution < 1.29 is 0 Å². The number of nitrogens with two attached hydrogens (primary N) is 1. The van der Waals surface area contributed by atoms with Crippen molar-refractivity contribution in [3.63, 3.8) is 0 Å². The zero-order chi connectivity index (χ0) is 18.6. The quantitative estimate of drug-likeness (QED) is 0.494. The Bertz CT molecular complexity index is 1060. The van der Waals surface area contributed by atoms with Crippen LogP contribution in [0.2, 0.25) is 0 Å². The molecular formula is C22H20N4S. The van der Waals surface area contributed by atoms with Crippen LogP contribution in [0.4, 0.5) is 10.9 Å². The Kier molecular flexibility index (Phi) is 4.85. The maximum Gasteiger partial charge on any atom is 0.181 e. The third kappa shape index (κ3) is 3.99. The maximum absolute atomic E-state index is 6.04. The number of nitrogens with one attached hydrogen (secondary N) is 1. The van der Waals surface area contributed by atoms with Crippen LogP contribution in [-0.4, -0.2) is 9.97 Å². The molecule has 2 heterocycles. The molecule has 0 aliphatic heterocycles. The highest BCUT2D eigenvalue weighted by Gasteiger charge is 2.14. The van der Waals surface area contributed by atoms with E-state index < -0.39 is 0 Å². The van der Waals surface area contributed by atoms with Gasteiger partial charge in [-0.2, -0.15) is 0 Å². The molecule has 0 bridgehead atoms. The van der Waals surface area contributed by atoms with Crippen LogP contribution in [0.25, 0.3) is 21.7 Å². The Morgan fingerprint density at radius 1 is 0.963 bits per heavy atom. The molecule has 0 spiro atoms. The zero-order valence-electron chi connectivity index (χ0n) is 15.0. The molecule has 0 saturated carbocycles. The first-order valence-corrected chi connectivity index (χ1v) is 9.58. The number of rotatable bonds is 5. The summed E-state index contributed by atoms with van der Waals surface area (Å²) in [6.45, 7) is 2.81. The van der Waals surface area contributed by atoms with E-state index in [2.05, 4.69) is 58.6 Å². The maximum atomic E-state index is 6.04. The molecule has 0 unspecified atom stereocenters. The van der Waals surface area contributed by atoms with Gasteiger partial charge >= 0.3 is 0 Å². The van der Waals surface area contributed by atoms with Gasteiger partial charge < -0.3 is 11.1 Å². The summed E-state index contributed by atoms with van der Waals surface area (Å²) in [5, 5.41) is 3.95. The van der Waals surface area contributed by atoms with Crippen molar-refractivity contribution >= 4 is 22.3 Å². The second kappa shape index (κ2) is 7.60. The van der Waals surface area contributed by atoms with Crippen molar-refractivity contribution in [2.24, 2.45) is 0 Å². The largest absolute Gasteiger partial charge is 0.375 e. The van der Waals surface area contributed by atoms with Gasteiger partial charge in [0.15, 0.2) is 5.13 Å². The van der Waals surface area contributed by atoms with Crippen LogP contribution in [0.3, 0.4) is 0 Å². The minimum atomic E-state index is 0.567. The highest BCUT2D eigenvalue weighted by molar-refractivity contribution is 7.19. The van der Waals surface area contributed by atoms with E-state index in [1.54, 1.807) is 0 Å². The lowest BCUT2D eigenvalue weighted by Gasteiger charge is -2.08. The van der Waals surface area contributed by atoms with Crippen molar-refractivity contribution in [3.05, 3.63) is 84.1 Å². The molecule has 4 rings (SSSR count). The van der Waals surface area contributed by atoms with E-state index in [1.165, 1.54) is 22.5 Å². The highest BCUT2D eigenvalue weighted by atomic mass is 32.1. The SMILES string of the molecule is Cc1cccc(-c2nc(N)sc2-c2ccnc(NCc3ccccc3)c2)c1. The van der Waals surface area contributed by atoms with E-state index in [0.29, 0.717) is 5.13 Å². The molecule has 2 aromatic carbocycles. The Hall–Kier alpha value is -3.18. The second-order valence-electron chi connectivity index (χ2n) is 6.37. The van der Waals surface area contributed by atoms with Crippen molar-refractivity contribution in [1.82, 2.24) is 9.97 Å². The molecule has 0 aliphatic carbocycles. The Morgan fingerprint density at radius 2 is 1.81 bits per heavy atom. The predicted molar refractivity (Wildman–Crippen MR) is 114 cm³/mol. The van der Waals surface area contributed by atoms with E-state index in [4.69, 9.17) is 5.73 Å². The van der Waals surface area contributed by atoms with Crippen LogP contribution in [-0.2, 0) is 6.54 Å². The summed E-state index contributed by atoms with van der Waals surface area (Å²) < 4.78 is 0. The standard InChI is InChI=1S/C22H20N4S/c1-15-6-5-9-17(12-15)20-21(27-22(23)26-20)18-10-11-24-19(13-18)25-14-16-7-3-2-4-8-16/h2-13H,14H2,1H3,(H2,23,26)(H,24,25). The summed E-state index contributed by atoms with van der Waals surface area (Å²) >= 11 is 1.50. The zero-order valence-corrected chi connectivity index (χ0v) is 15.8. The Morgan fingerprint density at radius 3 is 2.63 bits per heavy atom. The number of hydrogen-bond donors (Lipinski definition) is 2. The van der Waals surface area contributed by atoms with Crippen LogP contribution in [0.15, 0.2) is 72.9 Å². The van der Waals surface area contributed by atoms with Crippen LogP contribution in [0, 0.1) is 6.92 Å². The monoisotopic (exact) mass is 372 g/mol. The summed E-state index contributed by atoms with van der Waals surface area (Å²) in [6, 6.07) is 22.7. The van der Waals surface area contributed by atoms with Crippen LogP contribution >= 0.6 is 11.3 Å². The minimum absolute atomic E-state index is 0.567. The van der Waals surface area contributed by atoms with Gasteiger partial charge in [0.05, 0.1) is 10.6 Å². The second-order valence-corrected chi connectivity index (χ2v) is 7.40.